The maximum absolute atomic E-state index is 12.8. The van der Waals surface area contributed by atoms with E-state index < -0.39 is 17.6 Å². The minimum absolute atomic E-state index is 0.0907. The van der Waals surface area contributed by atoms with Crippen molar-refractivity contribution in [3.8, 4) is 11.8 Å². The predicted octanol–water partition coefficient (Wildman–Crippen LogP) is 4.61. The number of aromatic nitrogens is 1. The second-order valence-electron chi connectivity index (χ2n) is 6.28. The first-order valence-corrected chi connectivity index (χ1v) is 8.42. The third-order valence-corrected chi connectivity index (χ3v) is 4.21. The molecule has 0 saturated heterocycles. The van der Waals surface area contributed by atoms with Crippen LogP contribution in [0.4, 0.5) is 13.2 Å². The van der Waals surface area contributed by atoms with Gasteiger partial charge < -0.3 is 9.88 Å². The SMILES string of the molecule is Cc1cccc(-n2ccc(C#N)c2C(=O)NCc2cccc(C(F)(F)F)c2)c1. The summed E-state index contributed by atoms with van der Waals surface area (Å²) in [6, 6.07) is 15.7. The van der Waals surface area contributed by atoms with Crippen molar-refractivity contribution in [2.75, 3.05) is 0 Å². The standard InChI is InChI=1S/C21H16F3N3O/c1-14-4-2-7-18(10-14)27-9-8-16(12-25)19(27)20(28)26-13-15-5-3-6-17(11-15)21(22,23)24/h2-11H,13H2,1H3,(H,26,28). The summed E-state index contributed by atoms with van der Waals surface area (Å²) in [4.78, 5) is 12.7. The van der Waals surface area contributed by atoms with Gasteiger partial charge in [0.25, 0.3) is 5.91 Å². The van der Waals surface area contributed by atoms with Crippen LogP contribution in [0.15, 0.2) is 60.8 Å². The molecular weight excluding hydrogens is 367 g/mol. The third-order valence-electron chi connectivity index (χ3n) is 4.21. The van der Waals surface area contributed by atoms with E-state index in [2.05, 4.69) is 5.32 Å². The lowest BCUT2D eigenvalue weighted by molar-refractivity contribution is -0.137. The molecule has 0 aliphatic carbocycles. The lowest BCUT2D eigenvalue weighted by Crippen LogP contribution is -2.26. The Morgan fingerprint density at radius 2 is 1.89 bits per heavy atom. The highest BCUT2D eigenvalue weighted by molar-refractivity contribution is 5.95. The van der Waals surface area contributed by atoms with E-state index in [1.54, 1.807) is 16.8 Å². The molecule has 3 aromatic rings. The normalized spacial score (nSPS) is 11.1. The molecule has 0 spiro atoms. The number of hydrogen-bond acceptors (Lipinski definition) is 2. The van der Waals surface area contributed by atoms with Crippen molar-refractivity contribution in [3.05, 3.63) is 88.7 Å². The molecule has 0 aliphatic heterocycles. The van der Waals surface area contributed by atoms with Crippen molar-refractivity contribution in [2.24, 2.45) is 0 Å². The topological polar surface area (TPSA) is 57.8 Å². The summed E-state index contributed by atoms with van der Waals surface area (Å²) in [6.07, 6.45) is -2.83. The summed E-state index contributed by atoms with van der Waals surface area (Å²) in [5.41, 5.74) is 1.56. The van der Waals surface area contributed by atoms with Crippen molar-refractivity contribution < 1.29 is 18.0 Å². The number of nitriles is 1. The summed E-state index contributed by atoms with van der Waals surface area (Å²) in [5.74, 6) is -0.541. The Morgan fingerprint density at radius 1 is 1.14 bits per heavy atom. The lowest BCUT2D eigenvalue weighted by atomic mass is 10.1. The van der Waals surface area contributed by atoms with E-state index in [0.717, 1.165) is 17.7 Å². The van der Waals surface area contributed by atoms with Gasteiger partial charge >= 0.3 is 6.18 Å². The smallest absolute Gasteiger partial charge is 0.347 e. The number of carbonyl (C=O) groups excluding carboxylic acids is 1. The van der Waals surface area contributed by atoms with Crippen LogP contribution in [0.25, 0.3) is 5.69 Å². The average Bonchev–Trinajstić information content (AvgIpc) is 3.10. The summed E-state index contributed by atoms with van der Waals surface area (Å²) < 4.78 is 40.1. The maximum atomic E-state index is 12.8. The van der Waals surface area contributed by atoms with Gasteiger partial charge in [-0.1, -0.05) is 24.3 Å². The van der Waals surface area contributed by atoms with Crippen LogP contribution < -0.4 is 5.32 Å². The van der Waals surface area contributed by atoms with Crippen molar-refractivity contribution in [2.45, 2.75) is 19.6 Å². The van der Waals surface area contributed by atoms with Crippen LogP contribution in [-0.2, 0) is 12.7 Å². The van der Waals surface area contributed by atoms with Gasteiger partial charge in [-0.3, -0.25) is 4.79 Å². The van der Waals surface area contributed by atoms with Crippen LogP contribution in [0.3, 0.4) is 0 Å². The third kappa shape index (κ3) is 4.07. The van der Waals surface area contributed by atoms with E-state index in [4.69, 9.17) is 0 Å². The van der Waals surface area contributed by atoms with Crippen LogP contribution >= 0.6 is 0 Å². The molecular formula is C21H16F3N3O. The molecule has 142 valence electrons. The monoisotopic (exact) mass is 383 g/mol. The van der Waals surface area contributed by atoms with Crippen LogP contribution in [0.5, 0.6) is 0 Å². The zero-order chi connectivity index (χ0) is 20.3. The number of rotatable bonds is 4. The zero-order valence-corrected chi connectivity index (χ0v) is 14.9. The van der Waals surface area contributed by atoms with Gasteiger partial charge in [0.15, 0.2) is 0 Å². The molecule has 28 heavy (non-hydrogen) atoms. The molecule has 7 heteroatoms. The molecule has 0 radical (unpaired) electrons. The van der Waals surface area contributed by atoms with E-state index >= 15 is 0 Å². The fourth-order valence-electron chi connectivity index (χ4n) is 2.87. The Hall–Kier alpha value is -3.53. The van der Waals surface area contributed by atoms with Gasteiger partial charge in [-0.15, -0.1) is 0 Å². The highest BCUT2D eigenvalue weighted by atomic mass is 19.4. The number of amides is 1. The van der Waals surface area contributed by atoms with Crippen LogP contribution in [0.1, 0.15) is 32.7 Å². The number of carbonyl (C=O) groups is 1. The van der Waals surface area contributed by atoms with Gasteiger partial charge in [0.2, 0.25) is 0 Å². The number of hydrogen-bond donors (Lipinski definition) is 1. The van der Waals surface area contributed by atoms with Crippen molar-refractivity contribution in [3.63, 3.8) is 0 Å². The molecule has 4 nitrogen and oxygen atoms in total. The minimum Gasteiger partial charge on any atom is -0.347 e. The van der Waals surface area contributed by atoms with E-state index in [1.807, 2.05) is 31.2 Å². The van der Waals surface area contributed by atoms with Gasteiger partial charge in [-0.05, 0) is 48.4 Å². The molecule has 2 aromatic carbocycles. The predicted molar refractivity (Wildman–Crippen MR) is 97.8 cm³/mol. The highest BCUT2D eigenvalue weighted by Gasteiger charge is 2.30. The first-order chi connectivity index (χ1) is 13.3. The number of alkyl halides is 3. The minimum atomic E-state index is -4.45. The summed E-state index contributed by atoms with van der Waals surface area (Å²) >= 11 is 0. The van der Waals surface area contributed by atoms with Crippen molar-refractivity contribution in [1.29, 1.82) is 5.26 Å². The molecule has 0 atom stereocenters. The van der Waals surface area contributed by atoms with Crippen LogP contribution in [0, 0.1) is 18.3 Å². The fourth-order valence-corrected chi connectivity index (χ4v) is 2.87. The van der Waals surface area contributed by atoms with E-state index in [1.165, 1.54) is 18.2 Å². The van der Waals surface area contributed by atoms with Gasteiger partial charge in [-0.25, -0.2) is 0 Å². The van der Waals surface area contributed by atoms with E-state index in [-0.39, 0.29) is 17.8 Å². The van der Waals surface area contributed by atoms with Crippen molar-refractivity contribution >= 4 is 5.91 Å². The Kier molecular flexibility index (Phi) is 5.23. The Bertz CT molecular complexity index is 1060. The largest absolute Gasteiger partial charge is 0.416 e. The zero-order valence-electron chi connectivity index (χ0n) is 14.9. The van der Waals surface area contributed by atoms with Crippen molar-refractivity contribution in [1.82, 2.24) is 9.88 Å². The maximum Gasteiger partial charge on any atom is 0.416 e. The number of nitrogens with one attached hydrogen (secondary N) is 1. The lowest BCUT2D eigenvalue weighted by Gasteiger charge is -2.12. The van der Waals surface area contributed by atoms with Crippen LogP contribution in [0.2, 0.25) is 0 Å². The first kappa shape index (κ1) is 19.2. The first-order valence-electron chi connectivity index (χ1n) is 8.42. The Labute approximate surface area is 159 Å². The molecule has 3 rings (SSSR count). The van der Waals surface area contributed by atoms with E-state index in [0.29, 0.717) is 11.3 Å². The van der Waals surface area contributed by atoms with Gasteiger partial charge in [-0.2, -0.15) is 18.4 Å². The second kappa shape index (κ2) is 7.61. The highest BCUT2D eigenvalue weighted by Crippen LogP contribution is 2.29. The summed E-state index contributed by atoms with van der Waals surface area (Å²) in [6.45, 7) is 1.82. The number of aryl methyl sites for hydroxylation is 1. The molecule has 0 saturated carbocycles. The molecule has 0 aliphatic rings. The average molecular weight is 383 g/mol. The Morgan fingerprint density at radius 3 is 2.57 bits per heavy atom. The molecule has 1 aromatic heterocycles. The molecule has 0 fully saturated rings. The number of benzene rings is 2. The fraction of sp³-hybridized carbons (Fsp3) is 0.143. The van der Waals surface area contributed by atoms with Gasteiger partial charge in [0, 0.05) is 18.4 Å². The van der Waals surface area contributed by atoms with E-state index in [9.17, 15) is 23.2 Å². The molecule has 1 amide bonds. The quantitative estimate of drug-likeness (QED) is 0.716. The summed E-state index contributed by atoms with van der Waals surface area (Å²) in [5, 5.41) is 11.9. The molecule has 1 N–H and O–H groups in total. The molecule has 1 heterocycles. The van der Waals surface area contributed by atoms with Gasteiger partial charge in [0.05, 0.1) is 11.1 Å². The van der Waals surface area contributed by atoms with Crippen LogP contribution in [-0.4, -0.2) is 10.5 Å². The second-order valence-corrected chi connectivity index (χ2v) is 6.28. The van der Waals surface area contributed by atoms with Gasteiger partial charge in [0.1, 0.15) is 11.8 Å². The molecule has 0 bridgehead atoms. The molecule has 0 unspecified atom stereocenters. The summed E-state index contributed by atoms with van der Waals surface area (Å²) in [7, 11) is 0. The number of nitrogens with zero attached hydrogens (tertiary/aromatic N) is 2. The number of halogens is 3. The Balaban J connectivity index is 1.86.